The van der Waals surface area contributed by atoms with Gasteiger partial charge in [0.2, 0.25) is 0 Å². The summed E-state index contributed by atoms with van der Waals surface area (Å²) in [5.74, 6) is 1.26. The predicted molar refractivity (Wildman–Crippen MR) is 75.3 cm³/mol. The van der Waals surface area contributed by atoms with Crippen molar-refractivity contribution in [3.8, 4) is 5.75 Å². The van der Waals surface area contributed by atoms with E-state index in [0.717, 1.165) is 17.9 Å². The topological polar surface area (TPSA) is 49.3 Å². The highest BCUT2D eigenvalue weighted by Gasteiger charge is 2.40. The van der Waals surface area contributed by atoms with Crippen molar-refractivity contribution < 1.29 is 9.90 Å². The average molecular weight is 286 g/mol. The first-order chi connectivity index (χ1) is 8.68. The molecule has 1 aliphatic rings. The van der Waals surface area contributed by atoms with Crippen LogP contribution in [0.15, 0.2) is 24.3 Å². The molecule has 1 atom stereocenters. The molecule has 2 N–H and O–H groups in total. The number of para-hydroxylation sites is 1. The van der Waals surface area contributed by atoms with Crippen LogP contribution < -0.4 is 5.32 Å². The number of carbonyl (C=O) groups excluding carboxylic acids is 1. The van der Waals surface area contributed by atoms with Gasteiger partial charge in [0.1, 0.15) is 10.6 Å². The number of Topliss-reactive ketones (excluding diaryl/α,β-unsaturated/α-hetero) is 1. The number of rotatable bonds is 5. The monoisotopic (exact) mass is 285 g/mol. The molecule has 2 rings (SSSR count). The smallest absolute Gasteiger partial charge is 0.177 e. The molecule has 0 bridgehead atoms. The summed E-state index contributed by atoms with van der Waals surface area (Å²) in [5, 5.41) is 13.0. The van der Waals surface area contributed by atoms with Crippen LogP contribution in [0.2, 0.25) is 0 Å². The van der Waals surface area contributed by atoms with Gasteiger partial charge in [0.25, 0.3) is 0 Å². The van der Waals surface area contributed by atoms with E-state index in [-0.39, 0.29) is 17.4 Å². The molecule has 1 heterocycles. The lowest BCUT2D eigenvalue weighted by Gasteiger charge is -2.26. The Labute approximate surface area is 116 Å². The minimum Gasteiger partial charge on any atom is -0.508 e. The van der Waals surface area contributed by atoms with E-state index in [2.05, 4.69) is 5.32 Å². The first-order valence-electron chi connectivity index (χ1n) is 5.93. The molecule has 1 aromatic carbocycles. The first-order valence-corrected chi connectivity index (χ1v) is 7.45. The molecule has 1 fully saturated rings. The second-order valence-electron chi connectivity index (χ2n) is 4.29. The quantitative estimate of drug-likeness (QED) is 0.814. The Morgan fingerprint density at radius 2 is 2.28 bits per heavy atom. The largest absolute Gasteiger partial charge is 0.508 e. The van der Waals surface area contributed by atoms with E-state index in [1.165, 1.54) is 0 Å². The summed E-state index contributed by atoms with van der Waals surface area (Å²) in [5.41, 5.74) is 0.869. The number of carbonyl (C=O) groups is 1. The molecule has 1 unspecified atom stereocenters. The summed E-state index contributed by atoms with van der Waals surface area (Å²) >= 11 is 7.30. The summed E-state index contributed by atoms with van der Waals surface area (Å²) in [6, 6.07) is 7.23. The maximum Gasteiger partial charge on any atom is 0.177 e. The molecule has 0 saturated carbocycles. The lowest BCUT2D eigenvalue weighted by Crippen LogP contribution is -2.46. The van der Waals surface area contributed by atoms with Crippen LogP contribution in [0.3, 0.4) is 0 Å². The summed E-state index contributed by atoms with van der Waals surface area (Å²) in [4.78, 5) is 11.4. The number of alkyl halides is 1. The number of halogens is 1. The molecule has 1 aliphatic heterocycles. The van der Waals surface area contributed by atoms with Crippen LogP contribution in [0.4, 0.5) is 0 Å². The van der Waals surface area contributed by atoms with Crippen molar-refractivity contribution in [2.24, 2.45) is 0 Å². The van der Waals surface area contributed by atoms with Gasteiger partial charge in [-0.1, -0.05) is 18.2 Å². The van der Waals surface area contributed by atoms with Crippen molar-refractivity contribution in [1.82, 2.24) is 5.32 Å². The molecule has 0 aliphatic carbocycles. The molecular formula is C13H16ClNO2S. The molecule has 3 nitrogen and oxygen atoms in total. The predicted octanol–water partition coefficient (Wildman–Crippen LogP) is 2.17. The summed E-state index contributed by atoms with van der Waals surface area (Å²) in [7, 11) is 0. The molecule has 0 aromatic heterocycles. The number of benzene rings is 1. The number of hydrogen-bond acceptors (Lipinski definition) is 4. The zero-order valence-corrected chi connectivity index (χ0v) is 11.6. The number of phenols is 1. The van der Waals surface area contributed by atoms with Crippen molar-refractivity contribution in [3.05, 3.63) is 29.8 Å². The molecule has 5 heteroatoms. The Balaban J connectivity index is 2.07. The van der Waals surface area contributed by atoms with Gasteiger partial charge in [-0.15, -0.1) is 23.4 Å². The number of thioether (sulfide) groups is 1. The summed E-state index contributed by atoms with van der Waals surface area (Å²) in [6.45, 7) is 0.827. The Hall–Kier alpha value is -0.710. The zero-order valence-electron chi connectivity index (χ0n) is 9.99. The number of aryl methyl sites for hydroxylation is 1. The Kier molecular flexibility index (Phi) is 4.54. The highest BCUT2D eigenvalue weighted by atomic mass is 35.5. The van der Waals surface area contributed by atoms with Crippen LogP contribution in [-0.2, 0) is 11.2 Å². The number of nitrogens with one attached hydrogen (secondary N) is 1. The standard InChI is InChI=1S/C13H16ClNO2S/c14-9-12(17)13(15-7-8-18-13)6-5-10-3-1-2-4-11(10)16/h1-4,15-16H,5-9H2. The number of aromatic hydroxyl groups is 1. The second kappa shape index (κ2) is 5.95. The molecular weight excluding hydrogens is 270 g/mol. The van der Waals surface area contributed by atoms with Crippen LogP contribution in [0, 0.1) is 0 Å². The van der Waals surface area contributed by atoms with E-state index >= 15 is 0 Å². The van der Waals surface area contributed by atoms with Crippen LogP contribution in [0.1, 0.15) is 12.0 Å². The van der Waals surface area contributed by atoms with E-state index in [4.69, 9.17) is 11.6 Å². The molecule has 0 amide bonds. The fourth-order valence-corrected chi connectivity index (χ4v) is 3.69. The van der Waals surface area contributed by atoms with Crippen LogP contribution in [-0.4, -0.2) is 33.9 Å². The maximum absolute atomic E-state index is 12.0. The van der Waals surface area contributed by atoms with Crippen molar-refractivity contribution >= 4 is 29.1 Å². The van der Waals surface area contributed by atoms with Crippen LogP contribution in [0.5, 0.6) is 5.75 Å². The lowest BCUT2D eigenvalue weighted by atomic mass is 10.0. The van der Waals surface area contributed by atoms with Crippen molar-refractivity contribution in [2.45, 2.75) is 17.7 Å². The summed E-state index contributed by atoms with van der Waals surface area (Å²) in [6.07, 6.45) is 1.32. The van der Waals surface area contributed by atoms with Gasteiger partial charge in [0.05, 0.1) is 5.88 Å². The van der Waals surface area contributed by atoms with Crippen LogP contribution in [0.25, 0.3) is 0 Å². The fourth-order valence-electron chi connectivity index (χ4n) is 2.15. The van der Waals surface area contributed by atoms with Gasteiger partial charge in [-0.25, -0.2) is 0 Å². The number of phenolic OH excluding ortho intramolecular Hbond substituents is 1. The average Bonchev–Trinajstić information content (AvgIpc) is 2.87. The SMILES string of the molecule is O=C(CCl)C1(CCc2ccccc2O)NCCS1. The second-order valence-corrected chi connectivity index (χ2v) is 5.95. The normalized spacial score (nSPS) is 23.2. The van der Waals surface area contributed by atoms with Gasteiger partial charge in [-0.3, -0.25) is 10.1 Å². The molecule has 18 heavy (non-hydrogen) atoms. The minimum absolute atomic E-state index is 0.0285. The molecule has 98 valence electrons. The van der Waals surface area contributed by atoms with Gasteiger partial charge < -0.3 is 5.11 Å². The van der Waals surface area contributed by atoms with Crippen molar-refractivity contribution in [3.63, 3.8) is 0 Å². The Morgan fingerprint density at radius 3 is 2.89 bits per heavy atom. The van der Waals surface area contributed by atoms with Gasteiger partial charge in [0, 0.05) is 12.3 Å². The molecule has 0 spiro atoms. The summed E-state index contributed by atoms with van der Waals surface area (Å²) < 4.78 is 0. The third kappa shape index (κ3) is 2.82. The fraction of sp³-hybridized carbons (Fsp3) is 0.462. The van der Waals surface area contributed by atoms with Gasteiger partial charge in [0.15, 0.2) is 5.78 Å². The van der Waals surface area contributed by atoms with Gasteiger partial charge in [-0.05, 0) is 24.5 Å². The third-order valence-electron chi connectivity index (χ3n) is 3.17. The Bertz CT molecular complexity index is 433. The van der Waals surface area contributed by atoms with E-state index in [1.54, 1.807) is 23.9 Å². The van der Waals surface area contributed by atoms with E-state index < -0.39 is 4.87 Å². The lowest BCUT2D eigenvalue weighted by molar-refractivity contribution is -0.119. The first kappa shape index (κ1) is 13.7. The van der Waals surface area contributed by atoms with E-state index in [9.17, 15) is 9.90 Å². The Morgan fingerprint density at radius 1 is 1.50 bits per heavy atom. The van der Waals surface area contributed by atoms with Crippen LogP contribution >= 0.6 is 23.4 Å². The number of hydrogen-bond donors (Lipinski definition) is 2. The molecule has 0 radical (unpaired) electrons. The van der Waals surface area contributed by atoms with E-state index in [0.29, 0.717) is 12.8 Å². The van der Waals surface area contributed by atoms with Gasteiger partial charge >= 0.3 is 0 Å². The van der Waals surface area contributed by atoms with Crippen molar-refractivity contribution in [2.75, 3.05) is 18.2 Å². The number of ketones is 1. The maximum atomic E-state index is 12.0. The van der Waals surface area contributed by atoms with Crippen molar-refractivity contribution in [1.29, 1.82) is 0 Å². The molecule has 1 aromatic rings. The zero-order chi connectivity index (χ0) is 13.0. The molecule has 1 saturated heterocycles. The third-order valence-corrected chi connectivity index (χ3v) is 4.89. The van der Waals surface area contributed by atoms with E-state index in [1.807, 2.05) is 12.1 Å². The highest BCUT2D eigenvalue weighted by molar-refractivity contribution is 8.01. The van der Waals surface area contributed by atoms with Gasteiger partial charge in [-0.2, -0.15) is 0 Å². The minimum atomic E-state index is -0.565. The highest BCUT2D eigenvalue weighted by Crippen LogP contribution is 2.34.